The Hall–Kier alpha value is -3.08. The molecule has 0 bridgehead atoms. The number of pyridine rings is 1. The second-order valence-electron chi connectivity index (χ2n) is 4.90. The number of rotatable bonds is 4. The topological polar surface area (TPSA) is 60.5 Å². The van der Waals surface area contributed by atoms with E-state index in [2.05, 4.69) is 10.3 Å². The third-order valence-electron chi connectivity index (χ3n) is 3.44. The third-order valence-corrected chi connectivity index (χ3v) is 3.44. The summed E-state index contributed by atoms with van der Waals surface area (Å²) in [6, 6.07) is 14.6. The molecule has 0 fully saturated rings. The number of amides is 1. The first-order valence-electron chi connectivity index (χ1n) is 7.14. The summed E-state index contributed by atoms with van der Waals surface area (Å²) >= 11 is 0. The van der Waals surface area contributed by atoms with Crippen LogP contribution in [-0.2, 0) is 0 Å². The van der Waals surface area contributed by atoms with E-state index in [-0.39, 0.29) is 5.91 Å². The van der Waals surface area contributed by atoms with Crippen molar-refractivity contribution in [3.8, 4) is 17.2 Å². The summed E-state index contributed by atoms with van der Waals surface area (Å²) in [5, 5.41) is 3.50. The summed E-state index contributed by atoms with van der Waals surface area (Å²) < 4.78 is 11.2. The zero-order valence-electron chi connectivity index (χ0n) is 12.9. The molecule has 1 amide bonds. The fourth-order valence-corrected chi connectivity index (χ4v) is 2.31. The standard InChI is InChI=1S/C18H16N2O3/c1-19-18(21)12-9-13(22-2)11-14(10-12)23-17-7-8-20-16-6-4-3-5-15(16)17/h3-11H,1-2H3,(H,19,21). The van der Waals surface area contributed by atoms with E-state index in [4.69, 9.17) is 9.47 Å². The van der Waals surface area contributed by atoms with Crippen LogP contribution in [0, 0.1) is 0 Å². The van der Waals surface area contributed by atoms with Gasteiger partial charge in [-0.1, -0.05) is 12.1 Å². The molecule has 0 unspecified atom stereocenters. The zero-order valence-corrected chi connectivity index (χ0v) is 12.9. The molecule has 1 heterocycles. The molecule has 0 atom stereocenters. The lowest BCUT2D eigenvalue weighted by molar-refractivity contribution is 0.0962. The SMILES string of the molecule is CNC(=O)c1cc(OC)cc(Oc2ccnc3ccccc23)c1. The number of hydrogen-bond donors (Lipinski definition) is 1. The molecule has 116 valence electrons. The van der Waals surface area contributed by atoms with E-state index < -0.39 is 0 Å². The maximum atomic E-state index is 11.9. The highest BCUT2D eigenvalue weighted by Crippen LogP contribution is 2.31. The Bertz CT molecular complexity index is 857. The maximum Gasteiger partial charge on any atom is 0.251 e. The van der Waals surface area contributed by atoms with Gasteiger partial charge >= 0.3 is 0 Å². The van der Waals surface area contributed by atoms with Crippen molar-refractivity contribution >= 4 is 16.8 Å². The molecule has 3 rings (SSSR count). The first kappa shape index (κ1) is 14.8. The van der Waals surface area contributed by atoms with Gasteiger partial charge in [-0.15, -0.1) is 0 Å². The number of fused-ring (bicyclic) bond motifs is 1. The van der Waals surface area contributed by atoms with Crippen LogP contribution in [0.2, 0.25) is 0 Å². The Morgan fingerprint density at radius 1 is 1.09 bits per heavy atom. The van der Waals surface area contributed by atoms with Crippen molar-refractivity contribution in [2.45, 2.75) is 0 Å². The monoisotopic (exact) mass is 308 g/mol. The highest BCUT2D eigenvalue weighted by molar-refractivity contribution is 5.95. The van der Waals surface area contributed by atoms with Crippen LogP contribution in [-0.4, -0.2) is 25.0 Å². The van der Waals surface area contributed by atoms with E-state index in [1.807, 2.05) is 24.3 Å². The predicted octanol–water partition coefficient (Wildman–Crippen LogP) is 3.40. The van der Waals surface area contributed by atoms with Crippen molar-refractivity contribution in [1.29, 1.82) is 0 Å². The quantitative estimate of drug-likeness (QED) is 0.802. The second kappa shape index (κ2) is 6.36. The molecule has 0 spiro atoms. The van der Waals surface area contributed by atoms with Crippen molar-refractivity contribution in [2.75, 3.05) is 14.2 Å². The molecular formula is C18H16N2O3. The van der Waals surface area contributed by atoms with Crippen LogP contribution >= 0.6 is 0 Å². The summed E-state index contributed by atoms with van der Waals surface area (Å²) in [5.41, 5.74) is 1.32. The van der Waals surface area contributed by atoms with Gasteiger partial charge < -0.3 is 14.8 Å². The average Bonchev–Trinajstić information content (AvgIpc) is 2.61. The number of ether oxygens (including phenoxy) is 2. The minimum atomic E-state index is -0.201. The van der Waals surface area contributed by atoms with Gasteiger partial charge in [-0.25, -0.2) is 0 Å². The molecule has 0 aliphatic carbocycles. The van der Waals surface area contributed by atoms with E-state index in [9.17, 15) is 4.79 Å². The minimum absolute atomic E-state index is 0.201. The number of nitrogens with zero attached hydrogens (tertiary/aromatic N) is 1. The summed E-state index contributed by atoms with van der Waals surface area (Å²) in [6.45, 7) is 0. The van der Waals surface area contributed by atoms with Crippen LogP contribution in [0.15, 0.2) is 54.7 Å². The van der Waals surface area contributed by atoms with Gasteiger partial charge in [-0.3, -0.25) is 9.78 Å². The van der Waals surface area contributed by atoms with Crippen LogP contribution < -0.4 is 14.8 Å². The molecule has 2 aromatic carbocycles. The molecule has 1 aromatic heterocycles. The lowest BCUT2D eigenvalue weighted by atomic mass is 10.1. The van der Waals surface area contributed by atoms with Gasteiger partial charge in [0.2, 0.25) is 0 Å². The average molecular weight is 308 g/mol. The largest absolute Gasteiger partial charge is 0.497 e. The molecule has 1 N–H and O–H groups in total. The smallest absolute Gasteiger partial charge is 0.251 e. The number of hydrogen-bond acceptors (Lipinski definition) is 4. The molecule has 3 aromatic rings. The second-order valence-corrected chi connectivity index (χ2v) is 4.90. The van der Waals surface area contributed by atoms with Crippen LogP contribution in [0.3, 0.4) is 0 Å². The fraction of sp³-hybridized carbons (Fsp3) is 0.111. The summed E-state index contributed by atoms with van der Waals surface area (Å²) in [5.74, 6) is 1.55. The molecule has 0 aliphatic rings. The van der Waals surface area contributed by atoms with Crippen molar-refractivity contribution < 1.29 is 14.3 Å². The molecule has 0 saturated carbocycles. The molecular weight excluding hydrogens is 292 g/mol. The molecule has 0 saturated heterocycles. The third kappa shape index (κ3) is 3.08. The number of benzene rings is 2. The van der Waals surface area contributed by atoms with Gasteiger partial charge in [-0.05, 0) is 30.3 Å². The van der Waals surface area contributed by atoms with Gasteiger partial charge in [0, 0.05) is 30.3 Å². The summed E-state index contributed by atoms with van der Waals surface area (Å²) in [4.78, 5) is 16.2. The Balaban J connectivity index is 2.03. The van der Waals surface area contributed by atoms with Gasteiger partial charge in [0.1, 0.15) is 17.2 Å². The highest BCUT2D eigenvalue weighted by atomic mass is 16.5. The molecule has 0 aliphatic heterocycles. The van der Waals surface area contributed by atoms with Crippen molar-refractivity contribution in [2.24, 2.45) is 0 Å². The number of carbonyl (C=O) groups excluding carboxylic acids is 1. The van der Waals surface area contributed by atoms with Gasteiger partial charge in [0.05, 0.1) is 12.6 Å². The zero-order chi connectivity index (χ0) is 16.2. The van der Waals surface area contributed by atoms with Crippen LogP contribution in [0.4, 0.5) is 0 Å². The molecule has 0 radical (unpaired) electrons. The van der Waals surface area contributed by atoms with E-state index >= 15 is 0 Å². The van der Waals surface area contributed by atoms with E-state index in [1.54, 1.807) is 44.6 Å². The van der Waals surface area contributed by atoms with Crippen molar-refractivity contribution in [3.05, 3.63) is 60.3 Å². The number of para-hydroxylation sites is 1. The number of nitrogens with one attached hydrogen (secondary N) is 1. The van der Waals surface area contributed by atoms with Crippen LogP contribution in [0.1, 0.15) is 10.4 Å². The van der Waals surface area contributed by atoms with Crippen LogP contribution in [0.5, 0.6) is 17.2 Å². The van der Waals surface area contributed by atoms with Crippen molar-refractivity contribution in [3.63, 3.8) is 0 Å². The van der Waals surface area contributed by atoms with E-state index in [1.165, 1.54) is 0 Å². The molecule has 5 heteroatoms. The van der Waals surface area contributed by atoms with Gasteiger partial charge in [0.25, 0.3) is 5.91 Å². The first-order valence-corrected chi connectivity index (χ1v) is 7.14. The number of methoxy groups -OCH3 is 1. The Morgan fingerprint density at radius 3 is 2.65 bits per heavy atom. The highest BCUT2D eigenvalue weighted by Gasteiger charge is 2.10. The maximum absolute atomic E-state index is 11.9. The van der Waals surface area contributed by atoms with Gasteiger partial charge in [0.15, 0.2) is 0 Å². The predicted molar refractivity (Wildman–Crippen MR) is 88.2 cm³/mol. The van der Waals surface area contributed by atoms with Crippen LogP contribution in [0.25, 0.3) is 10.9 Å². The Kier molecular flexibility index (Phi) is 4.10. The Labute approximate surface area is 133 Å². The molecule has 5 nitrogen and oxygen atoms in total. The minimum Gasteiger partial charge on any atom is -0.497 e. The lowest BCUT2D eigenvalue weighted by Gasteiger charge is -2.11. The normalized spacial score (nSPS) is 10.3. The Morgan fingerprint density at radius 2 is 1.87 bits per heavy atom. The molecule has 23 heavy (non-hydrogen) atoms. The first-order chi connectivity index (χ1) is 11.2. The fourth-order valence-electron chi connectivity index (χ4n) is 2.31. The summed E-state index contributed by atoms with van der Waals surface area (Å²) in [7, 11) is 3.13. The number of aromatic nitrogens is 1. The number of carbonyl (C=O) groups is 1. The lowest BCUT2D eigenvalue weighted by Crippen LogP contribution is -2.17. The van der Waals surface area contributed by atoms with Crippen molar-refractivity contribution in [1.82, 2.24) is 10.3 Å². The van der Waals surface area contributed by atoms with E-state index in [0.29, 0.717) is 22.8 Å². The van der Waals surface area contributed by atoms with E-state index in [0.717, 1.165) is 10.9 Å². The summed E-state index contributed by atoms with van der Waals surface area (Å²) in [6.07, 6.45) is 1.69. The van der Waals surface area contributed by atoms with Gasteiger partial charge in [-0.2, -0.15) is 0 Å².